The molecule has 2 aliphatic heterocycles. The number of nitrogens with one attached hydrogen (secondary N) is 1. The maximum absolute atomic E-state index is 12.5. The van der Waals surface area contributed by atoms with Crippen molar-refractivity contribution in [2.45, 2.75) is 45.3 Å². The molecule has 0 radical (unpaired) electrons. The van der Waals surface area contributed by atoms with Crippen molar-refractivity contribution in [1.29, 1.82) is 0 Å². The Bertz CT molecular complexity index is 320. The van der Waals surface area contributed by atoms with E-state index in [1.54, 1.807) is 0 Å². The summed E-state index contributed by atoms with van der Waals surface area (Å²) in [4.78, 5) is 14.7. The van der Waals surface area contributed by atoms with Crippen LogP contribution in [0.3, 0.4) is 0 Å². The molecule has 1 unspecified atom stereocenters. The van der Waals surface area contributed by atoms with Gasteiger partial charge in [0.05, 0.1) is 23.7 Å². The number of Topliss-reactive ketones (excluding diaryl/α,β-unsaturated/α-hetero) is 1. The summed E-state index contributed by atoms with van der Waals surface area (Å²) in [5.74, 6) is 0.370. The molecule has 0 aliphatic carbocycles. The molecular weight excluding hydrogens is 228 g/mol. The number of rotatable bonds is 3. The zero-order valence-corrected chi connectivity index (χ0v) is 12.1. The van der Waals surface area contributed by atoms with Crippen molar-refractivity contribution >= 4 is 5.78 Å². The van der Waals surface area contributed by atoms with E-state index in [9.17, 15) is 4.79 Å². The van der Waals surface area contributed by atoms with Gasteiger partial charge in [0.25, 0.3) is 0 Å². The van der Waals surface area contributed by atoms with Gasteiger partial charge in [-0.3, -0.25) is 9.69 Å². The summed E-state index contributed by atoms with van der Waals surface area (Å²) in [6, 6.07) is 0. The Morgan fingerprint density at radius 2 is 1.89 bits per heavy atom. The molecule has 2 rings (SSSR count). The lowest BCUT2D eigenvalue weighted by Crippen LogP contribution is -2.47. The van der Waals surface area contributed by atoms with Crippen molar-refractivity contribution in [2.24, 2.45) is 5.92 Å². The topological polar surface area (TPSA) is 41.6 Å². The van der Waals surface area contributed by atoms with Crippen LogP contribution in [0.25, 0.3) is 0 Å². The van der Waals surface area contributed by atoms with E-state index in [0.29, 0.717) is 12.3 Å². The Morgan fingerprint density at radius 3 is 2.39 bits per heavy atom. The van der Waals surface area contributed by atoms with Crippen LogP contribution in [-0.2, 0) is 9.53 Å². The van der Waals surface area contributed by atoms with E-state index in [1.165, 1.54) is 0 Å². The smallest absolute Gasteiger partial charge is 0.152 e. The van der Waals surface area contributed by atoms with Crippen LogP contribution in [0.5, 0.6) is 0 Å². The minimum Gasteiger partial charge on any atom is -0.369 e. The first-order valence-electron chi connectivity index (χ1n) is 6.96. The van der Waals surface area contributed by atoms with Gasteiger partial charge >= 0.3 is 0 Å². The van der Waals surface area contributed by atoms with Gasteiger partial charge in [-0.1, -0.05) is 0 Å². The van der Waals surface area contributed by atoms with Crippen molar-refractivity contribution in [3.8, 4) is 0 Å². The zero-order valence-electron chi connectivity index (χ0n) is 12.1. The molecule has 2 aliphatic rings. The lowest BCUT2D eigenvalue weighted by atomic mass is 9.84. The molecule has 0 amide bonds. The minimum atomic E-state index is -0.325. The summed E-state index contributed by atoms with van der Waals surface area (Å²) < 4.78 is 6.01. The van der Waals surface area contributed by atoms with Gasteiger partial charge in [-0.05, 0) is 34.1 Å². The molecule has 0 spiro atoms. The molecular formula is C14H26N2O2. The second-order valence-electron chi connectivity index (χ2n) is 6.71. The summed E-state index contributed by atoms with van der Waals surface area (Å²) >= 11 is 0. The third kappa shape index (κ3) is 3.11. The molecule has 1 atom stereocenters. The molecule has 2 saturated heterocycles. The van der Waals surface area contributed by atoms with Crippen LogP contribution in [0.15, 0.2) is 0 Å². The van der Waals surface area contributed by atoms with Crippen molar-refractivity contribution in [3.63, 3.8) is 0 Å². The summed E-state index contributed by atoms with van der Waals surface area (Å²) in [5, 5.41) is 3.31. The Labute approximate surface area is 110 Å². The molecule has 1 N–H and O–H groups in total. The van der Waals surface area contributed by atoms with Crippen molar-refractivity contribution in [2.75, 3.05) is 32.7 Å². The molecule has 104 valence electrons. The average Bonchev–Trinajstić information content (AvgIpc) is 2.48. The second-order valence-corrected chi connectivity index (χ2v) is 6.71. The van der Waals surface area contributed by atoms with Gasteiger partial charge in [-0.15, -0.1) is 0 Å². The molecule has 0 aromatic rings. The minimum absolute atomic E-state index is 0.0300. The SMILES string of the molecule is CC1(C)CC(C(=O)CN2CCNCC2)C(C)(C)O1. The first-order chi connectivity index (χ1) is 8.30. The van der Waals surface area contributed by atoms with Crippen molar-refractivity contribution < 1.29 is 9.53 Å². The van der Waals surface area contributed by atoms with E-state index < -0.39 is 0 Å². The van der Waals surface area contributed by atoms with Gasteiger partial charge in [0.15, 0.2) is 5.78 Å². The Kier molecular flexibility index (Phi) is 3.81. The lowest BCUT2D eigenvalue weighted by molar-refractivity contribution is -0.130. The lowest BCUT2D eigenvalue weighted by Gasteiger charge is -2.30. The first kappa shape index (κ1) is 14.0. The summed E-state index contributed by atoms with van der Waals surface area (Å²) in [7, 11) is 0. The quantitative estimate of drug-likeness (QED) is 0.817. The van der Waals surface area contributed by atoms with Crippen LogP contribution in [0, 0.1) is 5.92 Å². The van der Waals surface area contributed by atoms with E-state index in [2.05, 4.69) is 24.1 Å². The van der Waals surface area contributed by atoms with E-state index in [4.69, 9.17) is 4.74 Å². The predicted octanol–water partition coefficient (Wildman–Crippen LogP) is 1.05. The average molecular weight is 254 g/mol. The number of ketones is 1. The van der Waals surface area contributed by atoms with Crippen LogP contribution >= 0.6 is 0 Å². The van der Waals surface area contributed by atoms with Gasteiger partial charge in [-0.25, -0.2) is 0 Å². The highest BCUT2D eigenvalue weighted by Gasteiger charge is 2.49. The Balaban J connectivity index is 1.96. The third-order valence-electron chi connectivity index (χ3n) is 4.05. The molecule has 0 aromatic heterocycles. The number of piperazine rings is 1. The van der Waals surface area contributed by atoms with Gasteiger partial charge in [-0.2, -0.15) is 0 Å². The Morgan fingerprint density at radius 1 is 1.28 bits per heavy atom. The van der Waals surface area contributed by atoms with Crippen LogP contribution in [0.2, 0.25) is 0 Å². The fourth-order valence-corrected chi connectivity index (χ4v) is 3.26. The standard InChI is InChI=1S/C14H26N2O2/c1-13(2)9-11(14(3,4)18-13)12(17)10-16-7-5-15-6-8-16/h11,15H,5-10H2,1-4H3. The van der Waals surface area contributed by atoms with E-state index in [1.807, 2.05) is 13.8 Å². The summed E-state index contributed by atoms with van der Waals surface area (Å²) in [5.41, 5.74) is -0.498. The molecule has 0 aromatic carbocycles. The highest BCUT2D eigenvalue weighted by molar-refractivity contribution is 5.84. The maximum Gasteiger partial charge on any atom is 0.152 e. The fraction of sp³-hybridized carbons (Fsp3) is 0.929. The van der Waals surface area contributed by atoms with Crippen LogP contribution in [-0.4, -0.2) is 54.6 Å². The van der Waals surface area contributed by atoms with Gasteiger partial charge < -0.3 is 10.1 Å². The van der Waals surface area contributed by atoms with E-state index >= 15 is 0 Å². The largest absolute Gasteiger partial charge is 0.369 e. The van der Waals surface area contributed by atoms with E-state index in [-0.39, 0.29) is 17.1 Å². The number of hydrogen-bond donors (Lipinski definition) is 1. The van der Waals surface area contributed by atoms with Gasteiger partial charge in [0.1, 0.15) is 0 Å². The van der Waals surface area contributed by atoms with Crippen molar-refractivity contribution in [1.82, 2.24) is 10.2 Å². The number of nitrogens with zero attached hydrogens (tertiary/aromatic N) is 1. The van der Waals surface area contributed by atoms with Crippen LogP contribution < -0.4 is 5.32 Å². The molecule has 18 heavy (non-hydrogen) atoms. The fourth-order valence-electron chi connectivity index (χ4n) is 3.26. The summed E-state index contributed by atoms with van der Waals surface area (Å²) in [6.07, 6.45) is 0.838. The van der Waals surface area contributed by atoms with Gasteiger partial charge in [0, 0.05) is 26.2 Å². The molecule has 4 nitrogen and oxygen atoms in total. The van der Waals surface area contributed by atoms with Crippen molar-refractivity contribution in [3.05, 3.63) is 0 Å². The first-order valence-corrected chi connectivity index (χ1v) is 6.96. The number of hydrogen-bond acceptors (Lipinski definition) is 4. The molecule has 2 heterocycles. The second kappa shape index (κ2) is 4.91. The van der Waals surface area contributed by atoms with Gasteiger partial charge in [0.2, 0.25) is 0 Å². The highest BCUT2D eigenvalue weighted by Crippen LogP contribution is 2.42. The number of carbonyl (C=O) groups excluding carboxylic acids is 1. The number of carbonyl (C=O) groups is 1. The highest BCUT2D eigenvalue weighted by atomic mass is 16.5. The normalized spacial score (nSPS) is 31.4. The number of ether oxygens (including phenoxy) is 1. The Hall–Kier alpha value is -0.450. The third-order valence-corrected chi connectivity index (χ3v) is 4.05. The molecule has 0 bridgehead atoms. The molecule has 4 heteroatoms. The molecule has 2 fully saturated rings. The molecule has 0 saturated carbocycles. The van der Waals surface area contributed by atoms with Crippen LogP contribution in [0.4, 0.5) is 0 Å². The maximum atomic E-state index is 12.5. The summed E-state index contributed by atoms with van der Waals surface area (Å²) in [6.45, 7) is 12.7. The predicted molar refractivity (Wildman–Crippen MR) is 71.7 cm³/mol. The van der Waals surface area contributed by atoms with Crippen LogP contribution in [0.1, 0.15) is 34.1 Å². The zero-order chi connectivity index (χ0) is 13.4. The van der Waals surface area contributed by atoms with E-state index in [0.717, 1.165) is 32.6 Å². The monoisotopic (exact) mass is 254 g/mol.